The molecular weight excluding hydrogens is 230 g/mol. The van der Waals surface area contributed by atoms with Crippen molar-refractivity contribution in [3.8, 4) is 0 Å². The maximum absolute atomic E-state index is 12.5. The molecule has 5 heteroatoms. The highest BCUT2D eigenvalue weighted by Crippen LogP contribution is 2.17. The molecule has 1 saturated heterocycles. The van der Waals surface area contributed by atoms with Crippen LogP contribution in [-0.2, 0) is 0 Å². The highest BCUT2D eigenvalue weighted by Gasteiger charge is 2.32. The van der Waals surface area contributed by atoms with Crippen molar-refractivity contribution in [2.75, 3.05) is 13.1 Å². The van der Waals surface area contributed by atoms with Crippen LogP contribution >= 0.6 is 0 Å². The Morgan fingerprint density at radius 1 is 1.56 bits per heavy atom. The van der Waals surface area contributed by atoms with Gasteiger partial charge in [0.25, 0.3) is 5.91 Å². The number of aryl methyl sites for hydroxylation is 1. The Hall–Kier alpha value is -1.36. The Morgan fingerprint density at radius 2 is 2.33 bits per heavy atom. The molecule has 1 N–H and O–H groups in total. The van der Waals surface area contributed by atoms with Crippen LogP contribution in [0.1, 0.15) is 42.9 Å². The van der Waals surface area contributed by atoms with Gasteiger partial charge in [-0.15, -0.1) is 0 Å². The summed E-state index contributed by atoms with van der Waals surface area (Å²) < 4.78 is 5.22. The Balaban J connectivity index is 2.17. The van der Waals surface area contributed by atoms with Gasteiger partial charge in [-0.05, 0) is 19.8 Å². The molecule has 18 heavy (non-hydrogen) atoms. The van der Waals surface area contributed by atoms with Crippen LogP contribution in [0.5, 0.6) is 0 Å². The first kappa shape index (κ1) is 13.1. The average Bonchev–Trinajstić information content (AvgIpc) is 2.83. The van der Waals surface area contributed by atoms with Gasteiger partial charge in [-0.3, -0.25) is 4.79 Å². The molecule has 1 aliphatic heterocycles. The molecule has 0 bridgehead atoms. The SMILES string of the molecule is CCC1CN(C(=O)c2ocnc2C)C(CC)CN1. The van der Waals surface area contributed by atoms with E-state index in [0.29, 0.717) is 17.5 Å². The summed E-state index contributed by atoms with van der Waals surface area (Å²) in [6.45, 7) is 7.64. The minimum absolute atomic E-state index is 0.0307. The van der Waals surface area contributed by atoms with Gasteiger partial charge in [0.1, 0.15) is 0 Å². The summed E-state index contributed by atoms with van der Waals surface area (Å²) in [5, 5.41) is 3.47. The number of carbonyl (C=O) groups is 1. The molecule has 2 rings (SSSR count). The molecule has 100 valence electrons. The maximum atomic E-state index is 12.5. The first-order chi connectivity index (χ1) is 8.67. The van der Waals surface area contributed by atoms with Gasteiger partial charge in [0, 0.05) is 25.2 Å². The molecule has 1 aromatic heterocycles. The van der Waals surface area contributed by atoms with Crippen molar-refractivity contribution >= 4 is 5.91 Å². The summed E-state index contributed by atoms with van der Waals surface area (Å²) in [7, 11) is 0. The van der Waals surface area contributed by atoms with E-state index in [4.69, 9.17) is 4.42 Å². The van der Waals surface area contributed by atoms with Crippen molar-refractivity contribution in [1.29, 1.82) is 0 Å². The van der Waals surface area contributed by atoms with Crippen molar-refractivity contribution < 1.29 is 9.21 Å². The number of rotatable bonds is 3. The van der Waals surface area contributed by atoms with Crippen molar-refractivity contribution in [2.24, 2.45) is 0 Å². The number of oxazole rings is 1. The van der Waals surface area contributed by atoms with Gasteiger partial charge < -0.3 is 14.6 Å². The van der Waals surface area contributed by atoms with Crippen LogP contribution in [0.2, 0.25) is 0 Å². The highest BCUT2D eigenvalue weighted by atomic mass is 16.3. The van der Waals surface area contributed by atoms with Crippen LogP contribution < -0.4 is 5.32 Å². The zero-order valence-electron chi connectivity index (χ0n) is 11.3. The topological polar surface area (TPSA) is 58.4 Å². The van der Waals surface area contributed by atoms with Crippen LogP contribution in [0.4, 0.5) is 0 Å². The second-order valence-electron chi connectivity index (χ2n) is 4.80. The number of nitrogens with one attached hydrogen (secondary N) is 1. The molecule has 1 aliphatic rings. The van der Waals surface area contributed by atoms with E-state index in [1.807, 2.05) is 4.90 Å². The monoisotopic (exact) mass is 251 g/mol. The fourth-order valence-corrected chi connectivity index (χ4v) is 2.39. The minimum atomic E-state index is -0.0307. The number of hydrogen-bond donors (Lipinski definition) is 1. The highest BCUT2D eigenvalue weighted by molar-refractivity contribution is 5.92. The number of piperazine rings is 1. The lowest BCUT2D eigenvalue weighted by Gasteiger charge is -2.39. The third-order valence-corrected chi connectivity index (χ3v) is 3.66. The fraction of sp³-hybridized carbons (Fsp3) is 0.692. The number of nitrogens with zero attached hydrogens (tertiary/aromatic N) is 2. The predicted molar refractivity (Wildman–Crippen MR) is 68.4 cm³/mol. The molecule has 0 saturated carbocycles. The zero-order valence-corrected chi connectivity index (χ0v) is 11.3. The van der Waals surface area contributed by atoms with Crippen molar-refractivity contribution in [2.45, 2.75) is 45.7 Å². The fourth-order valence-electron chi connectivity index (χ4n) is 2.39. The molecule has 2 atom stereocenters. The normalized spacial score (nSPS) is 24.3. The van der Waals surface area contributed by atoms with Gasteiger partial charge in [-0.25, -0.2) is 4.98 Å². The van der Waals surface area contributed by atoms with Gasteiger partial charge in [-0.2, -0.15) is 0 Å². The van der Waals surface area contributed by atoms with E-state index in [-0.39, 0.29) is 11.9 Å². The van der Waals surface area contributed by atoms with E-state index in [9.17, 15) is 4.79 Å². The average molecular weight is 251 g/mol. The molecule has 1 fully saturated rings. The summed E-state index contributed by atoms with van der Waals surface area (Å²) in [6.07, 6.45) is 3.31. The van der Waals surface area contributed by atoms with Gasteiger partial charge >= 0.3 is 0 Å². The Bertz CT molecular complexity index is 416. The lowest BCUT2D eigenvalue weighted by molar-refractivity contribution is 0.0543. The number of amides is 1. The van der Waals surface area contributed by atoms with Crippen molar-refractivity contribution in [1.82, 2.24) is 15.2 Å². The Labute approximate surface area is 108 Å². The smallest absolute Gasteiger partial charge is 0.291 e. The summed E-state index contributed by atoms with van der Waals surface area (Å²) in [5.41, 5.74) is 0.668. The van der Waals surface area contributed by atoms with E-state index in [1.165, 1.54) is 6.39 Å². The molecule has 1 amide bonds. The zero-order chi connectivity index (χ0) is 13.1. The third-order valence-electron chi connectivity index (χ3n) is 3.66. The second kappa shape index (κ2) is 5.52. The molecule has 0 spiro atoms. The minimum Gasteiger partial charge on any atom is -0.438 e. The van der Waals surface area contributed by atoms with Crippen LogP contribution in [0.15, 0.2) is 10.8 Å². The molecule has 0 aromatic carbocycles. The van der Waals surface area contributed by atoms with Crippen molar-refractivity contribution in [3.05, 3.63) is 17.8 Å². The number of hydrogen-bond acceptors (Lipinski definition) is 4. The summed E-state index contributed by atoms with van der Waals surface area (Å²) in [6, 6.07) is 0.616. The lowest BCUT2D eigenvalue weighted by atomic mass is 10.0. The molecule has 1 aromatic rings. The molecule has 2 heterocycles. The van der Waals surface area contributed by atoms with E-state index in [0.717, 1.165) is 25.9 Å². The van der Waals surface area contributed by atoms with Crippen LogP contribution in [0, 0.1) is 6.92 Å². The van der Waals surface area contributed by atoms with E-state index < -0.39 is 0 Å². The summed E-state index contributed by atoms with van der Waals surface area (Å²) in [5.74, 6) is 0.349. The van der Waals surface area contributed by atoms with Crippen LogP contribution in [0.25, 0.3) is 0 Å². The first-order valence-electron chi connectivity index (χ1n) is 6.61. The summed E-state index contributed by atoms with van der Waals surface area (Å²) >= 11 is 0. The van der Waals surface area contributed by atoms with E-state index >= 15 is 0 Å². The molecule has 5 nitrogen and oxygen atoms in total. The standard InChI is InChI=1S/C13H21N3O2/c1-4-10-7-16(11(5-2)6-14-10)13(17)12-9(3)15-8-18-12/h8,10-11,14H,4-7H2,1-3H3. The van der Waals surface area contributed by atoms with E-state index in [1.54, 1.807) is 6.92 Å². The molecule has 0 radical (unpaired) electrons. The lowest BCUT2D eigenvalue weighted by Crippen LogP contribution is -2.57. The second-order valence-corrected chi connectivity index (χ2v) is 4.80. The number of aromatic nitrogens is 1. The summed E-state index contributed by atoms with van der Waals surface area (Å²) in [4.78, 5) is 18.4. The van der Waals surface area contributed by atoms with Gasteiger partial charge in [0.2, 0.25) is 5.76 Å². The predicted octanol–water partition coefficient (Wildman–Crippen LogP) is 1.59. The van der Waals surface area contributed by atoms with E-state index in [2.05, 4.69) is 24.1 Å². The third kappa shape index (κ3) is 2.41. The Morgan fingerprint density at radius 3 is 2.89 bits per heavy atom. The van der Waals surface area contributed by atoms with Crippen LogP contribution in [-0.4, -0.2) is 41.0 Å². The maximum Gasteiger partial charge on any atom is 0.291 e. The van der Waals surface area contributed by atoms with Gasteiger partial charge in [-0.1, -0.05) is 13.8 Å². The Kier molecular flexibility index (Phi) is 4.01. The van der Waals surface area contributed by atoms with Gasteiger partial charge in [0.15, 0.2) is 6.39 Å². The molecular formula is C13H21N3O2. The number of carbonyl (C=O) groups excluding carboxylic acids is 1. The van der Waals surface area contributed by atoms with Crippen molar-refractivity contribution in [3.63, 3.8) is 0 Å². The van der Waals surface area contributed by atoms with Gasteiger partial charge in [0.05, 0.1) is 5.69 Å². The largest absolute Gasteiger partial charge is 0.438 e. The molecule has 0 aliphatic carbocycles. The first-order valence-corrected chi connectivity index (χ1v) is 6.61. The molecule has 2 unspecified atom stereocenters. The quantitative estimate of drug-likeness (QED) is 0.886. The van der Waals surface area contributed by atoms with Crippen LogP contribution in [0.3, 0.4) is 0 Å².